The second kappa shape index (κ2) is 6.13. The first kappa shape index (κ1) is 15.0. The van der Waals surface area contributed by atoms with Crippen LogP contribution in [0.2, 0.25) is 0 Å². The van der Waals surface area contributed by atoms with Crippen LogP contribution in [0.25, 0.3) is 10.2 Å². The summed E-state index contributed by atoms with van der Waals surface area (Å²) in [7, 11) is 0. The number of carbonyl (C=O) groups is 1. The van der Waals surface area contributed by atoms with Crippen LogP contribution in [0.5, 0.6) is 11.5 Å². The Morgan fingerprint density at radius 1 is 1.25 bits per heavy atom. The molecule has 4 rings (SSSR count). The fourth-order valence-electron chi connectivity index (χ4n) is 2.68. The van der Waals surface area contributed by atoms with E-state index < -0.39 is 6.10 Å². The number of nitrogens with one attached hydrogen (secondary N) is 1. The summed E-state index contributed by atoms with van der Waals surface area (Å²) in [5.74, 6) is 0.997. The van der Waals surface area contributed by atoms with Gasteiger partial charge in [0.05, 0.1) is 10.2 Å². The molecule has 0 saturated carbocycles. The Labute approximate surface area is 143 Å². The number of thiazole rings is 1. The number of rotatable bonds is 3. The number of aryl methyl sites for hydroxylation is 1. The van der Waals surface area contributed by atoms with E-state index in [9.17, 15) is 4.79 Å². The van der Waals surface area contributed by atoms with E-state index in [1.807, 2.05) is 30.3 Å². The quantitative estimate of drug-likeness (QED) is 0.791. The Balaban J connectivity index is 1.53. The fraction of sp³-hybridized carbons (Fsp3) is 0.222. The van der Waals surface area contributed by atoms with Crippen LogP contribution in [-0.2, 0) is 11.2 Å². The molecule has 2 aromatic carbocycles. The SMILES string of the molecule is CCc1cccc2sc(NC(=O)[C@H]3COc4ccccc4O3)nc12. The Morgan fingerprint density at radius 2 is 2.08 bits per heavy atom. The number of hydrogen-bond donors (Lipinski definition) is 1. The van der Waals surface area contributed by atoms with Crippen molar-refractivity contribution in [2.24, 2.45) is 0 Å². The molecule has 1 aliphatic rings. The molecule has 0 saturated heterocycles. The first-order valence-corrected chi connectivity index (χ1v) is 8.64. The van der Waals surface area contributed by atoms with E-state index in [0.29, 0.717) is 16.6 Å². The number of para-hydroxylation sites is 3. The number of hydrogen-bond acceptors (Lipinski definition) is 5. The van der Waals surface area contributed by atoms with Crippen molar-refractivity contribution < 1.29 is 14.3 Å². The summed E-state index contributed by atoms with van der Waals surface area (Å²) in [5.41, 5.74) is 2.13. The van der Waals surface area contributed by atoms with Gasteiger partial charge in [0.1, 0.15) is 6.61 Å². The van der Waals surface area contributed by atoms with Crippen LogP contribution in [0.1, 0.15) is 12.5 Å². The maximum absolute atomic E-state index is 12.5. The van der Waals surface area contributed by atoms with Gasteiger partial charge in [-0.05, 0) is 30.2 Å². The summed E-state index contributed by atoms with van der Waals surface area (Å²) >= 11 is 1.47. The van der Waals surface area contributed by atoms with Crippen molar-refractivity contribution in [3.63, 3.8) is 0 Å². The number of ether oxygens (including phenoxy) is 2. The van der Waals surface area contributed by atoms with Crippen molar-refractivity contribution in [2.45, 2.75) is 19.4 Å². The molecule has 0 bridgehead atoms. The lowest BCUT2D eigenvalue weighted by atomic mass is 10.1. The van der Waals surface area contributed by atoms with Gasteiger partial charge in [-0.15, -0.1) is 0 Å². The first-order valence-electron chi connectivity index (χ1n) is 7.82. The molecule has 0 spiro atoms. The molecule has 0 fully saturated rings. The Hall–Kier alpha value is -2.60. The largest absolute Gasteiger partial charge is 0.485 e. The van der Waals surface area contributed by atoms with Crippen molar-refractivity contribution in [2.75, 3.05) is 11.9 Å². The molecule has 5 nitrogen and oxygen atoms in total. The highest BCUT2D eigenvalue weighted by molar-refractivity contribution is 7.22. The molecule has 1 N–H and O–H groups in total. The van der Waals surface area contributed by atoms with Crippen LogP contribution >= 0.6 is 11.3 Å². The molecule has 0 unspecified atom stereocenters. The molecule has 2 heterocycles. The smallest absolute Gasteiger partial charge is 0.270 e. The molecule has 122 valence electrons. The van der Waals surface area contributed by atoms with Crippen molar-refractivity contribution in [1.29, 1.82) is 0 Å². The van der Waals surface area contributed by atoms with Gasteiger partial charge >= 0.3 is 0 Å². The van der Waals surface area contributed by atoms with Crippen LogP contribution in [0.3, 0.4) is 0 Å². The molecule has 1 amide bonds. The summed E-state index contributed by atoms with van der Waals surface area (Å²) in [6.45, 7) is 2.28. The van der Waals surface area contributed by atoms with Gasteiger partial charge in [-0.1, -0.05) is 42.5 Å². The van der Waals surface area contributed by atoms with Crippen LogP contribution in [0, 0.1) is 0 Å². The summed E-state index contributed by atoms with van der Waals surface area (Å²) in [6, 6.07) is 13.4. The molecular weight excluding hydrogens is 324 g/mol. The number of fused-ring (bicyclic) bond motifs is 2. The van der Waals surface area contributed by atoms with E-state index in [0.717, 1.165) is 16.6 Å². The molecule has 3 aromatic rings. The van der Waals surface area contributed by atoms with Gasteiger partial charge in [0.2, 0.25) is 6.10 Å². The normalized spacial score (nSPS) is 16.1. The predicted molar refractivity (Wildman–Crippen MR) is 94.0 cm³/mol. The van der Waals surface area contributed by atoms with Crippen LogP contribution in [-0.4, -0.2) is 23.6 Å². The highest BCUT2D eigenvalue weighted by atomic mass is 32.1. The molecule has 1 aliphatic heterocycles. The summed E-state index contributed by atoms with van der Waals surface area (Å²) in [4.78, 5) is 17.0. The lowest BCUT2D eigenvalue weighted by Crippen LogP contribution is -2.40. The maximum Gasteiger partial charge on any atom is 0.270 e. The second-order valence-corrected chi connectivity index (χ2v) is 6.52. The molecule has 6 heteroatoms. The predicted octanol–water partition coefficient (Wildman–Crippen LogP) is 3.64. The van der Waals surface area contributed by atoms with E-state index in [1.54, 1.807) is 6.07 Å². The average molecular weight is 340 g/mol. The van der Waals surface area contributed by atoms with Gasteiger partial charge < -0.3 is 9.47 Å². The Kier molecular flexibility index (Phi) is 3.82. The molecule has 0 radical (unpaired) electrons. The minimum Gasteiger partial charge on any atom is -0.485 e. The van der Waals surface area contributed by atoms with Crippen molar-refractivity contribution in [3.8, 4) is 11.5 Å². The Bertz CT molecular complexity index is 906. The third-order valence-corrected chi connectivity index (χ3v) is 4.85. The number of carbonyl (C=O) groups excluding carboxylic acids is 1. The molecule has 0 aliphatic carbocycles. The number of aromatic nitrogens is 1. The molecule has 1 aromatic heterocycles. The second-order valence-electron chi connectivity index (χ2n) is 5.49. The van der Waals surface area contributed by atoms with E-state index in [-0.39, 0.29) is 12.5 Å². The number of anilines is 1. The average Bonchev–Trinajstić information content (AvgIpc) is 3.03. The van der Waals surface area contributed by atoms with Crippen molar-refractivity contribution in [3.05, 3.63) is 48.0 Å². The lowest BCUT2D eigenvalue weighted by Gasteiger charge is -2.25. The maximum atomic E-state index is 12.5. The van der Waals surface area contributed by atoms with Gasteiger partial charge in [0.25, 0.3) is 5.91 Å². The zero-order valence-corrected chi connectivity index (χ0v) is 13.9. The van der Waals surface area contributed by atoms with Crippen molar-refractivity contribution >= 4 is 32.6 Å². The third-order valence-electron chi connectivity index (χ3n) is 3.91. The first-order chi connectivity index (χ1) is 11.7. The van der Waals surface area contributed by atoms with Gasteiger partial charge in [0.15, 0.2) is 16.6 Å². The molecule has 1 atom stereocenters. The lowest BCUT2D eigenvalue weighted by molar-refractivity contribution is -0.125. The van der Waals surface area contributed by atoms with E-state index in [2.05, 4.69) is 23.3 Å². The van der Waals surface area contributed by atoms with Gasteiger partial charge in [-0.25, -0.2) is 4.98 Å². The standard InChI is InChI=1S/C18H16N2O3S/c1-2-11-6-5-9-15-16(11)19-18(24-15)20-17(21)14-10-22-12-7-3-4-8-13(12)23-14/h3-9,14H,2,10H2,1H3,(H,19,20,21)/t14-/m1/s1. The summed E-state index contributed by atoms with van der Waals surface area (Å²) < 4.78 is 12.4. The topological polar surface area (TPSA) is 60.5 Å². The van der Waals surface area contributed by atoms with Gasteiger partial charge in [0, 0.05) is 0 Å². The highest BCUT2D eigenvalue weighted by Gasteiger charge is 2.28. The van der Waals surface area contributed by atoms with Crippen LogP contribution < -0.4 is 14.8 Å². The minimum atomic E-state index is -0.683. The van der Waals surface area contributed by atoms with Crippen molar-refractivity contribution in [1.82, 2.24) is 4.98 Å². The summed E-state index contributed by atoms with van der Waals surface area (Å²) in [5, 5.41) is 3.43. The Morgan fingerprint density at radius 3 is 2.92 bits per heavy atom. The third kappa shape index (κ3) is 2.69. The van der Waals surface area contributed by atoms with Crippen LogP contribution in [0.15, 0.2) is 42.5 Å². The van der Waals surface area contributed by atoms with E-state index in [1.165, 1.54) is 16.9 Å². The summed E-state index contributed by atoms with van der Waals surface area (Å²) in [6.07, 6.45) is 0.225. The zero-order chi connectivity index (χ0) is 16.5. The van der Waals surface area contributed by atoms with Gasteiger partial charge in [-0.3, -0.25) is 10.1 Å². The number of nitrogens with zero attached hydrogens (tertiary/aromatic N) is 1. The van der Waals surface area contributed by atoms with Crippen LogP contribution in [0.4, 0.5) is 5.13 Å². The minimum absolute atomic E-state index is 0.188. The van der Waals surface area contributed by atoms with E-state index in [4.69, 9.17) is 9.47 Å². The molecule has 24 heavy (non-hydrogen) atoms. The fourth-order valence-corrected chi connectivity index (χ4v) is 3.60. The molecular formula is C18H16N2O3S. The highest BCUT2D eigenvalue weighted by Crippen LogP contribution is 2.32. The number of benzene rings is 2. The van der Waals surface area contributed by atoms with Gasteiger partial charge in [-0.2, -0.15) is 0 Å². The number of amides is 1. The zero-order valence-electron chi connectivity index (χ0n) is 13.1. The monoisotopic (exact) mass is 340 g/mol. The van der Waals surface area contributed by atoms with E-state index >= 15 is 0 Å².